The minimum Gasteiger partial charge on any atom is -0.323 e. The lowest BCUT2D eigenvalue weighted by atomic mass is 9.82. The van der Waals surface area contributed by atoms with Gasteiger partial charge >= 0.3 is 6.03 Å². The molecule has 0 aromatic carbocycles. The van der Waals surface area contributed by atoms with Gasteiger partial charge in [-0.05, 0) is 32.1 Å². The highest BCUT2D eigenvalue weighted by molar-refractivity contribution is 7.91. The Morgan fingerprint density at radius 1 is 1.08 bits per heavy atom. The Bertz CT molecular complexity index is 652. The molecule has 2 heterocycles. The quantitative estimate of drug-likeness (QED) is 0.756. The monoisotopic (exact) mass is 355 g/mol. The fraction of sp³-hybridized carbons (Fsp3) is 0.875. The molecule has 0 aromatic heterocycles. The zero-order valence-electron chi connectivity index (χ0n) is 13.9. The van der Waals surface area contributed by atoms with Gasteiger partial charge in [-0.3, -0.25) is 9.69 Å². The third kappa shape index (κ3) is 2.83. The molecular formula is C16H25N3O4S. The van der Waals surface area contributed by atoms with Gasteiger partial charge in [0, 0.05) is 12.1 Å². The number of carbonyl (C=O) groups excluding carboxylic acids is 2. The molecule has 7 nitrogen and oxygen atoms in total. The van der Waals surface area contributed by atoms with E-state index in [4.69, 9.17) is 0 Å². The molecule has 0 aromatic rings. The normalized spacial score (nSPS) is 31.9. The maximum absolute atomic E-state index is 12.9. The van der Waals surface area contributed by atoms with E-state index in [2.05, 4.69) is 10.2 Å². The molecule has 1 atom stereocenters. The molecule has 134 valence electrons. The van der Waals surface area contributed by atoms with E-state index >= 15 is 0 Å². The smallest absolute Gasteiger partial charge is 0.323 e. The maximum Gasteiger partial charge on any atom is 0.326 e. The number of imide groups is 1. The van der Waals surface area contributed by atoms with Crippen LogP contribution in [-0.4, -0.2) is 66.0 Å². The Hall–Kier alpha value is -1.15. The lowest BCUT2D eigenvalue weighted by molar-refractivity contribution is -0.134. The van der Waals surface area contributed by atoms with E-state index in [9.17, 15) is 18.0 Å². The molecule has 4 aliphatic rings. The average Bonchev–Trinajstić information content (AvgIpc) is 3.27. The van der Waals surface area contributed by atoms with Crippen LogP contribution in [0.25, 0.3) is 0 Å². The molecule has 3 amide bonds. The average molecular weight is 355 g/mol. The number of hydrogen-bond acceptors (Lipinski definition) is 5. The predicted octanol–water partition coefficient (Wildman–Crippen LogP) is 0.850. The molecule has 2 aliphatic carbocycles. The molecule has 0 bridgehead atoms. The minimum absolute atomic E-state index is 0.0639. The Balaban J connectivity index is 1.50. The number of hydrogen-bond donors (Lipinski definition) is 1. The number of amides is 3. The van der Waals surface area contributed by atoms with Crippen molar-refractivity contribution in [3.8, 4) is 0 Å². The van der Waals surface area contributed by atoms with Gasteiger partial charge in [0.1, 0.15) is 5.54 Å². The highest BCUT2D eigenvalue weighted by Gasteiger charge is 2.52. The molecule has 1 spiro atoms. The summed E-state index contributed by atoms with van der Waals surface area (Å²) in [5.74, 6) is 0.252. The van der Waals surface area contributed by atoms with E-state index in [0.717, 1.165) is 44.9 Å². The van der Waals surface area contributed by atoms with Gasteiger partial charge in [0.25, 0.3) is 5.91 Å². The largest absolute Gasteiger partial charge is 0.326 e. The van der Waals surface area contributed by atoms with E-state index in [0.29, 0.717) is 12.5 Å². The number of urea groups is 1. The summed E-state index contributed by atoms with van der Waals surface area (Å²) in [6.45, 7) is 0.233. The second kappa shape index (κ2) is 5.69. The first kappa shape index (κ1) is 16.3. The molecular weight excluding hydrogens is 330 g/mol. The summed E-state index contributed by atoms with van der Waals surface area (Å²) in [4.78, 5) is 28.8. The van der Waals surface area contributed by atoms with Crippen LogP contribution in [0.1, 0.15) is 51.4 Å². The van der Waals surface area contributed by atoms with E-state index in [1.165, 1.54) is 4.90 Å². The van der Waals surface area contributed by atoms with Crippen molar-refractivity contribution in [1.82, 2.24) is 15.1 Å². The first-order chi connectivity index (χ1) is 11.4. The van der Waals surface area contributed by atoms with Crippen molar-refractivity contribution in [3.63, 3.8) is 0 Å². The minimum atomic E-state index is -2.98. The summed E-state index contributed by atoms with van der Waals surface area (Å²) in [7, 11) is -2.98. The Morgan fingerprint density at radius 2 is 1.79 bits per heavy atom. The van der Waals surface area contributed by atoms with Crippen molar-refractivity contribution < 1.29 is 18.0 Å². The molecule has 2 saturated carbocycles. The first-order valence-corrected chi connectivity index (χ1v) is 10.8. The second-order valence-corrected chi connectivity index (χ2v) is 9.98. The third-order valence-electron chi connectivity index (χ3n) is 5.95. The van der Waals surface area contributed by atoms with Crippen LogP contribution < -0.4 is 5.32 Å². The molecule has 24 heavy (non-hydrogen) atoms. The maximum atomic E-state index is 12.9. The first-order valence-electron chi connectivity index (χ1n) is 9.01. The lowest BCUT2D eigenvalue weighted by Crippen LogP contribution is -2.50. The SMILES string of the molecule is O=C1NC2(CCCCC2)C(=O)N1CN(C1CC1)[C@H]1CCS(=O)(=O)C1. The number of nitrogens with zero attached hydrogens (tertiary/aromatic N) is 2. The van der Waals surface area contributed by atoms with E-state index < -0.39 is 15.4 Å². The third-order valence-corrected chi connectivity index (χ3v) is 7.70. The van der Waals surface area contributed by atoms with Crippen LogP contribution in [0.15, 0.2) is 0 Å². The Kier molecular flexibility index (Phi) is 3.87. The molecule has 0 unspecified atom stereocenters. The number of sulfone groups is 1. The van der Waals surface area contributed by atoms with E-state index in [-0.39, 0.29) is 36.2 Å². The topological polar surface area (TPSA) is 86.8 Å². The van der Waals surface area contributed by atoms with Crippen molar-refractivity contribution in [2.45, 2.75) is 69.0 Å². The summed E-state index contributed by atoms with van der Waals surface area (Å²) >= 11 is 0. The Labute approximate surface area is 142 Å². The van der Waals surface area contributed by atoms with Gasteiger partial charge in [-0.25, -0.2) is 18.1 Å². The molecule has 2 saturated heterocycles. The van der Waals surface area contributed by atoms with Crippen LogP contribution in [0.5, 0.6) is 0 Å². The van der Waals surface area contributed by atoms with Crippen LogP contribution in [-0.2, 0) is 14.6 Å². The van der Waals surface area contributed by atoms with Gasteiger partial charge in [-0.1, -0.05) is 19.3 Å². The van der Waals surface area contributed by atoms with Crippen LogP contribution in [0.2, 0.25) is 0 Å². The molecule has 1 N–H and O–H groups in total. The predicted molar refractivity (Wildman–Crippen MR) is 88.0 cm³/mol. The second-order valence-electron chi connectivity index (χ2n) is 7.75. The standard InChI is InChI=1S/C16H25N3O4S/c20-14-16(7-2-1-3-8-16)17-15(21)19(14)11-18(12-4-5-12)13-6-9-24(22,23)10-13/h12-13H,1-11H2,(H,17,21)/t13-/m0/s1. The Morgan fingerprint density at radius 3 is 2.38 bits per heavy atom. The molecule has 8 heteroatoms. The van der Waals surface area contributed by atoms with Crippen LogP contribution >= 0.6 is 0 Å². The summed E-state index contributed by atoms with van der Waals surface area (Å²) in [6.07, 6.45) is 7.12. The van der Waals surface area contributed by atoms with Crippen molar-refractivity contribution in [3.05, 3.63) is 0 Å². The van der Waals surface area contributed by atoms with Gasteiger partial charge in [-0.2, -0.15) is 0 Å². The van der Waals surface area contributed by atoms with Gasteiger partial charge in [0.2, 0.25) is 0 Å². The fourth-order valence-electron chi connectivity index (χ4n) is 4.43. The number of nitrogens with one attached hydrogen (secondary N) is 1. The van der Waals surface area contributed by atoms with Crippen molar-refractivity contribution in [1.29, 1.82) is 0 Å². The molecule has 4 rings (SSSR count). The van der Waals surface area contributed by atoms with Crippen LogP contribution in [0.4, 0.5) is 4.79 Å². The highest BCUT2D eigenvalue weighted by Crippen LogP contribution is 2.36. The van der Waals surface area contributed by atoms with Crippen molar-refractivity contribution in [2.24, 2.45) is 0 Å². The fourth-order valence-corrected chi connectivity index (χ4v) is 6.18. The summed E-state index contributed by atoms with van der Waals surface area (Å²) < 4.78 is 23.6. The zero-order chi connectivity index (χ0) is 16.9. The van der Waals surface area contributed by atoms with Gasteiger partial charge < -0.3 is 5.32 Å². The highest BCUT2D eigenvalue weighted by atomic mass is 32.2. The zero-order valence-corrected chi connectivity index (χ0v) is 14.7. The van der Waals surface area contributed by atoms with Gasteiger partial charge in [-0.15, -0.1) is 0 Å². The van der Waals surface area contributed by atoms with Gasteiger partial charge in [0.15, 0.2) is 9.84 Å². The van der Waals surface area contributed by atoms with Crippen molar-refractivity contribution >= 4 is 21.8 Å². The number of carbonyl (C=O) groups is 2. The summed E-state index contributed by atoms with van der Waals surface area (Å²) in [5, 5.41) is 2.93. The van der Waals surface area contributed by atoms with E-state index in [1.54, 1.807) is 0 Å². The van der Waals surface area contributed by atoms with Crippen LogP contribution in [0, 0.1) is 0 Å². The molecule has 4 fully saturated rings. The summed E-state index contributed by atoms with van der Waals surface area (Å²) in [6, 6.07) is -0.0637. The van der Waals surface area contributed by atoms with Crippen molar-refractivity contribution in [2.75, 3.05) is 18.2 Å². The number of rotatable bonds is 4. The van der Waals surface area contributed by atoms with Crippen LogP contribution in [0.3, 0.4) is 0 Å². The molecule has 0 radical (unpaired) electrons. The summed E-state index contributed by atoms with van der Waals surface area (Å²) in [5.41, 5.74) is -0.702. The molecule has 2 aliphatic heterocycles. The lowest BCUT2D eigenvalue weighted by Gasteiger charge is -2.33. The van der Waals surface area contributed by atoms with E-state index in [1.807, 2.05) is 0 Å². The van der Waals surface area contributed by atoms with Gasteiger partial charge in [0.05, 0.1) is 18.2 Å².